The van der Waals surface area contributed by atoms with E-state index in [0.29, 0.717) is 6.04 Å². The van der Waals surface area contributed by atoms with Gasteiger partial charge in [0, 0.05) is 32.8 Å². The Balaban J connectivity index is 2.13. The van der Waals surface area contributed by atoms with Gasteiger partial charge in [0.1, 0.15) is 0 Å². The smallest absolute Gasteiger partial charge is 0.0474 e. The van der Waals surface area contributed by atoms with Crippen molar-refractivity contribution >= 4 is 0 Å². The second-order valence-electron chi connectivity index (χ2n) is 4.42. The molecule has 1 aromatic rings. The van der Waals surface area contributed by atoms with Crippen molar-refractivity contribution < 1.29 is 4.74 Å². The zero-order valence-electron chi connectivity index (χ0n) is 11.6. The molecule has 1 atom stereocenters. The highest BCUT2D eigenvalue weighted by Crippen LogP contribution is 2.14. The van der Waals surface area contributed by atoms with Gasteiger partial charge in [-0.3, -0.25) is 0 Å². The third-order valence-electron chi connectivity index (χ3n) is 3.00. The van der Waals surface area contributed by atoms with Gasteiger partial charge in [0.25, 0.3) is 0 Å². The SMILES string of the molecule is CCC(NCCNCCCOC)c1ccccc1. The molecule has 0 fully saturated rings. The van der Waals surface area contributed by atoms with Gasteiger partial charge in [-0.2, -0.15) is 0 Å². The number of benzene rings is 1. The van der Waals surface area contributed by atoms with Gasteiger partial charge in [-0.15, -0.1) is 0 Å². The van der Waals surface area contributed by atoms with E-state index in [4.69, 9.17) is 4.74 Å². The Kier molecular flexibility index (Phi) is 8.47. The maximum atomic E-state index is 5.01. The molecule has 0 aliphatic rings. The van der Waals surface area contributed by atoms with Crippen molar-refractivity contribution in [3.8, 4) is 0 Å². The van der Waals surface area contributed by atoms with Crippen molar-refractivity contribution in [3.63, 3.8) is 0 Å². The van der Waals surface area contributed by atoms with Crippen LogP contribution in [0.25, 0.3) is 0 Å². The van der Waals surface area contributed by atoms with Crippen LogP contribution in [-0.4, -0.2) is 33.4 Å². The Bertz CT molecular complexity index is 290. The van der Waals surface area contributed by atoms with E-state index in [1.165, 1.54) is 5.56 Å². The highest BCUT2D eigenvalue weighted by atomic mass is 16.5. The topological polar surface area (TPSA) is 33.3 Å². The average Bonchev–Trinajstić information content (AvgIpc) is 2.43. The molecule has 1 rings (SSSR count). The van der Waals surface area contributed by atoms with Crippen LogP contribution in [0.1, 0.15) is 31.4 Å². The van der Waals surface area contributed by atoms with E-state index >= 15 is 0 Å². The van der Waals surface area contributed by atoms with Crippen LogP contribution in [0, 0.1) is 0 Å². The molecule has 102 valence electrons. The Labute approximate surface area is 111 Å². The summed E-state index contributed by atoms with van der Waals surface area (Å²) in [4.78, 5) is 0. The summed E-state index contributed by atoms with van der Waals surface area (Å²) in [7, 11) is 1.74. The standard InChI is InChI=1S/C15H26N2O/c1-3-15(14-8-5-4-6-9-14)17-12-11-16-10-7-13-18-2/h4-6,8-9,15-17H,3,7,10-13H2,1-2H3. The van der Waals surface area contributed by atoms with Crippen LogP contribution in [0.2, 0.25) is 0 Å². The lowest BCUT2D eigenvalue weighted by atomic mass is 10.0. The van der Waals surface area contributed by atoms with Gasteiger partial charge < -0.3 is 15.4 Å². The third-order valence-corrected chi connectivity index (χ3v) is 3.00. The number of hydrogen-bond donors (Lipinski definition) is 2. The monoisotopic (exact) mass is 250 g/mol. The Morgan fingerprint density at radius 1 is 1.11 bits per heavy atom. The van der Waals surface area contributed by atoms with E-state index in [-0.39, 0.29) is 0 Å². The van der Waals surface area contributed by atoms with Gasteiger partial charge in [-0.05, 0) is 24.9 Å². The summed E-state index contributed by atoms with van der Waals surface area (Å²) in [5.41, 5.74) is 1.37. The lowest BCUT2D eigenvalue weighted by molar-refractivity contribution is 0.194. The number of nitrogens with one attached hydrogen (secondary N) is 2. The van der Waals surface area contributed by atoms with Gasteiger partial charge >= 0.3 is 0 Å². The summed E-state index contributed by atoms with van der Waals surface area (Å²) >= 11 is 0. The van der Waals surface area contributed by atoms with Crippen LogP contribution in [0.4, 0.5) is 0 Å². The molecule has 0 bridgehead atoms. The van der Waals surface area contributed by atoms with E-state index in [1.807, 2.05) is 0 Å². The van der Waals surface area contributed by atoms with Crippen LogP contribution in [-0.2, 0) is 4.74 Å². The fourth-order valence-corrected chi connectivity index (χ4v) is 1.98. The summed E-state index contributed by atoms with van der Waals surface area (Å²) < 4.78 is 5.01. The maximum Gasteiger partial charge on any atom is 0.0474 e. The molecule has 3 nitrogen and oxygen atoms in total. The molecule has 0 aromatic heterocycles. The van der Waals surface area contributed by atoms with Crippen molar-refractivity contribution in [1.82, 2.24) is 10.6 Å². The molecule has 0 aliphatic carbocycles. The molecule has 0 amide bonds. The molecule has 0 heterocycles. The fourth-order valence-electron chi connectivity index (χ4n) is 1.98. The normalized spacial score (nSPS) is 12.6. The molecule has 1 aromatic carbocycles. The molecule has 0 saturated heterocycles. The van der Waals surface area contributed by atoms with Crippen LogP contribution in [0.15, 0.2) is 30.3 Å². The largest absolute Gasteiger partial charge is 0.385 e. The van der Waals surface area contributed by atoms with Crippen LogP contribution >= 0.6 is 0 Å². The van der Waals surface area contributed by atoms with Gasteiger partial charge in [0.05, 0.1) is 0 Å². The third kappa shape index (κ3) is 6.15. The van der Waals surface area contributed by atoms with Gasteiger partial charge in [0.15, 0.2) is 0 Å². The summed E-state index contributed by atoms with van der Waals surface area (Å²) in [6.45, 7) is 6.09. The van der Waals surface area contributed by atoms with Gasteiger partial charge in [0.2, 0.25) is 0 Å². The first-order valence-electron chi connectivity index (χ1n) is 6.86. The van der Waals surface area contributed by atoms with E-state index in [2.05, 4.69) is 47.9 Å². The van der Waals surface area contributed by atoms with E-state index in [9.17, 15) is 0 Å². The van der Waals surface area contributed by atoms with Crippen molar-refractivity contribution in [1.29, 1.82) is 0 Å². The highest BCUT2D eigenvalue weighted by Gasteiger charge is 2.06. The Morgan fingerprint density at radius 3 is 2.56 bits per heavy atom. The Hall–Kier alpha value is -0.900. The lowest BCUT2D eigenvalue weighted by Crippen LogP contribution is -2.30. The zero-order valence-corrected chi connectivity index (χ0v) is 11.6. The molecular weight excluding hydrogens is 224 g/mol. The van der Waals surface area contributed by atoms with E-state index in [0.717, 1.165) is 39.1 Å². The quantitative estimate of drug-likeness (QED) is 0.625. The molecular formula is C15H26N2O. The minimum absolute atomic E-state index is 0.465. The van der Waals surface area contributed by atoms with Crippen molar-refractivity contribution in [2.45, 2.75) is 25.8 Å². The van der Waals surface area contributed by atoms with Crippen LogP contribution < -0.4 is 10.6 Å². The number of rotatable bonds is 10. The number of ether oxygens (including phenoxy) is 1. The number of methoxy groups -OCH3 is 1. The zero-order chi connectivity index (χ0) is 13.1. The average molecular weight is 250 g/mol. The maximum absolute atomic E-state index is 5.01. The molecule has 18 heavy (non-hydrogen) atoms. The van der Waals surface area contributed by atoms with Gasteiger partial charge in [-0.1, -0.05) is 37.3 Å². The predicted molar refractivity (Wildman–Crippen MR) is 76.8 cm³/mol. The first kappa shape index (κ1) is 15.2. The summed E-state index contributed by atoms with van der Waals surface area (Å²) in [5, 5.41) is 6.99. The van der Waals surface area contributed by atoms with E-state index in [1.54, 1.807) is 7.11 Å². The van der Waals surface area contributed by atoms with Crippen LogP contribution in [0.5, 0.6) is 0 Å². The highest BCUT2D eigenvalue weighted by molar-refractivity contribution is 5.18. The molecule has 0 radical (unpaired) electrons. The minimum Gasteiger partial charge on any atom is -0.385 e. The molecule has 2 N–H and O–H groups in total. The first-order chi connectivity index (χ1) is 8.88. The summed E-state index contributed by atoms with van der Waals surface area (Å²) in [5.74, 6) is 0. The molecule has 3 heteroatoms. The van der Waals surface area contributed by atoms with E-state index < -0.39 is 0 Å². The molecule has 0 spiro atoms. The van der Waals surface area contributed by atoms with Gasteiger partial charge in [-0.25, -0.2) is 0 Å². The van der Waals surface area contributed by atoms with Crippen LogP contribution in [0.3, 0.4) is 0 Å². The Morgan fingerprint density at radius 2 is 1.89 bits per heavy atom. The summed E-state index contributed by atoms with van der Waals surface area (Å²) in [6.07, 6.45) is 2.19. The van der Waals surface area contributed by atoms with Crippen molar-refractivity contribution in [3.05, 3.63) is 35.9 Å². The van der Waals surface area contributed by atoms with Crippen molar-refractivity contribution in [2.24, 2.45) is 0 Å². The first-order valence-corrected chi connectivity index (χ1v) is 6.86. The predicted octanol–water partition coefficient (Wildman–Crippen LogP) is 2.35. The molecule has 1 unspecified atom stereocenters. The molecule has 0 aliphatic heterocycles. The fraction of sp³-hybridized carbons (Fsp3) is 0.600. The van der Waals surface area contributed by atoms with Crippen molar-refractivity contribution in [2.75, 3.05) is 33.4 Å². The minimum atomic E-state index is 0.465. The second kappa shape index (κ2) is 10.1. The molecule has 0 saturated carbocycles. The second-order valence-corrected chi connectivity index (χ2v) is 4.42. The lowest BCUT2D eigenvalue weighted by Gasteiger charge is -2.17. The number of hydrogen-bond acceptors (Lipinski definition) is 3. The summed E-state index contributed by atoms with van der Waals surface area (Å²) in [6, 6.07) is 11.1.